The van der Waals surface area contributed by atoms with Gasteiger partial charge in [-0.15, -0.1) is 0 Å². The fourth-order valence-electron chi connectivity index (χ4n) is 2.53. The lowest BCUT2D eigenvalue weighted by Gasteiger charge is -2.00. The highest BCUT2D eigenvalue weighted by atomic mass is 79.9. The molecule has 1 aliphatic rings. The van der Waals surface area contributed by atoms with Gasteiger partial charge in [-0.3, -0.25) is 9.89 Å². The average Bonchev–Trinajstić information content (AvgIpc) is 3.05. The number of anilines is 1. The van der Waals surface area contributed by atoms with E-state index in [1.54, 1.807) is 6.20 Å². The Balaban J connectivity index is 1.86. The molecule has 1 aliphatic heterocycles. The van der Waals surface area contributed by atoms with Crippen LogP contribution in [-0.4, -0.2) is 16.1 Å². The molecule has 0 saturated carbocycles. The van der Waals surface area contributed by atoms with E-state index in [-0.39, 0.29) is 5.91 Å². The van der Waals surface area contributed by atoms with Gasteiger partial charge >= 0.3 is 0 Å². The third-order valence-corrected chi connectivity index (χ3v) is 4.22. The number of carbonyl (C=O) groups is 1. The Hall–Kier alpha value is -2.40. The molecule has 2 heterocycles. The molecule has 0 unspecified atom stereocenters. The second-order valence-electron chi connectivity index (χ2n) is 4.89. The van der Waals surface area contributed by atoms with Crippen LogP contribution in [0.5, 0.6) is 0 Å². The molecule has 21 heavy (non-hydrogen) atoms. The zero-order valence-corrected chi connectivity index (χ0v) is 12.4. The van der Waals surface area contributed by atoms with Gasteiger partial charge < -0.3 is 5.32 Å². The molecular formula is C16H10BrN3O. The Morgan fingerprint density at radius 2 is 2.10 bits per heavy atom. The number of hydrogen-bond donors (Lipinski definition) is 2. The number of amides is 1. The average molecular weight is 340 g/mol. The normalized spacial score (nSPS) is 15.5. The molecular weight excluding hydrogens is 330 g/mol. The first kappa shape index (κ1) is 12.3. The van der Waals surface area contributed by atoms with E-state index in [4.69, 9.17) is 0 Å². The fraction of sp³-hybridized carbons (Fsp3) is 0. The van der Waals surface area contributed by atoms with E-state index in [9.17, 15) is 4.79 Å². The van der Waals surface area contributed by atoms with E-state index < -0.39 is 0 Å². The summed E-state index contributed by atoms with van der Waals surface area (Å²) in [7, 11) is 0. The lowest BCUT2D eigenvalue weighted by atomic mass is 10.0. The second-order valence-corrected chi connectivity index (χ2v) is 5.75. The molecule has 2 aromatic carbocycles. The molecule has 0 radical (unpaired) electrons. The zero-order chi connectivity index (χ0) is 14.4. The van der Waals surface area contributed by atoms with Crippen molar-refractivity contribution in [1.29, 1.82) is 0 Å². The molecule has 4 rings (SSSR count). The number of hydrogen-bond acceptors (Lipinski definition) is 2. The Morgan fingerprint density at radius 1 is 1.19 bits per heavy atom. The maximum atomic E-state index is 12.2. The number of H-pyrrole nitrogens is 1. The molecule has 3 aromatic rings. The van der Waals surface area contributed by atoms with Crippen molar-refractivity contribution in [2.24, 2.45) is 0 Å². The summed E-state index contributed by atoms with van der Waals surface area (Å²) < 4.78 is 0.890. The number of nitrogens with one attached hydrogen (secondary N) is 2. The molecule has 0 fully saturated rings. The van der Waals surface area contributed by atoms with Gasteiger partial charge in [0.05, 0.1) is 17.4 Å². The highest BCUT2D eigenvalue weighted by molar-refractivity contribution is 9.10. The van der Waals surface area contributed by atoms with Crippen molar-refractivity contribution in [3.63, 3.8) is 0 Å². The summed E-state index contributed by atoms with van der Waals surface area (Å²) >= 11 is 3.46. The first-order valence-electron chi connectivity index (χ1n) is 6.47. The minimum Gasteiger partial charge on any atom is -0.320 e. The zero-order valence-electron chi connectivity index (χ0n) is 10.9. The molecule has 2 N–H and O–H groups in total. The molecule has 0 atom stereocenters. The quantitative estimate of drug-likeness (QED) is 0.662. The third kappa shape index (κ3) is 1.97. The summed E-state index contributed by atoms with van der Waals surface area (Å²) in [6.07, 6.45) is 3.68. The van der Waals surface area contributed by atoms with Gasteiger partial charge in [-0.2, -0.15) is 5.10 Å². The van der Waals surface area contributed by atoms with Crippen molar-refractivity contribution >= 4 is 50.1 Å². The minimum absolute atomic E-state index is 0.0818. The van der Waals surface area contributed by atoms with Crippen LogP contribution in [-0.2, 0) is 4.79 Å². The number of para-hydroxylation sites is 1. The number of benzene rings is 2. The van der Waals surface area contributed by atoms with Crippen LogP contribution in [0.15, 0.2) is 47.1 Å². The van der Waals surface area contributed by atoms with Crippen LogP contribution in [0.4, 0.5) is 5.69 Å². The second kappa shape index (κ2) is 4.56. The number of carbonyl (C=O) groups excluding carboxylic acids is 1. The van der Waals surface area contributed by atoms with Crippen LogP contribution in [0.25, 0.3) is 22.6 Å². The number of aromatic nitrogens is 2. The molecule has 0 saturated heterocycles. The molecule has 0 bridgehead atoms. The molecule has 1 amide bonds. The maximum absolute atomic E-state index is 12.2. The monoisotopic (exact) mass is 339 g/mol. The smallest absolute Gasteiger partial charge is 0.256 e. The number of fused-ring (bicyclic) bond motifs is 2. The van der Waals surface area contributed by atoms with Crippen LogP contribution in [0.3, 0.4) is 0 Å². The molecule has 4 nitrogen and oxygen atoms in total. The van der Waals surface area contributed by atoms with Crippen molar-refractivity contribution < 1.29 is 4.79 Å². The first-order chi connectivity index (χ1) is 10.2. The fourth-order valence-corrected chi connectivity index (χ4v) is 3.00. The van der Waals surface area contributed by atoms with Crippen molar-refractivity contribution in [2.45, 2.75) is 0 Å². The van der Waals surface area contributed by atoms with Crippen LogP contribution in [0.2, 0.25) is 0 Å². The molecule has 0 spiro atoms. The van der Waals surface area contributed by atoms with Crippen LogP contribution < -0.4 is 5.32 Å². The summed E-state index contributed by atoms with van der Waals surface area (Å²) in [6, 6.07) is 11.7. The first-order valence-corrected chi connectivity index (χ1v) is 7.27. The largest absolute Gasteiger partial charge is 0.320 e. The summed E-state index contributed by atoms with van der Waals surface area (Å²) in [5.74, 6) is -0.0818. The van der Waals surface area contributed by atoms with Gasteiger partial charge in [0, 0.05) is 21.0 Å². The highest BCUT2D eigenvalue weighted by Gasteiger charge is 2.25. The summed E-state index contributed by atoms with van der Waals surface area (Å²) in [4.78, 5) is 12.2. The van der Waals surface area contributed by atoms with Gasteiger partial charge in [0.15, 0.2) is 0 Å². The predicted molar refractivity (Wildman–Crippen MR) is 86.7 cm³/mol. The standard InChI is InChI=1S/C16H10BrN3O/c17-13-3-1-2-11-12(16(21)19-15(11)13)6-9-4-5-10-8-18-20-14(10)7-9/h1-8H,(H,18,20)(H,19,21)/b12-6+. The van der Waals surface area contributed by atoms with Gasteiger partial charge in [0.1, 0.15) is 0 Å². The summed E-state index contributed by atoms with van der Waals surface area (Å²) in [5, 5.41) is 10.9. The highest BCUT2D eigenvalue weighted by Crippen LogP contribution is 2.38. The molecule has 1 aromatic heterocycles. The molecule has 5 heteroatoms. The lowest BCUT2D eigenvalue weighted by molar-refractivity contribution is -0.110. The van der Waals surface area contributed by atoms with Gasteiger partial charge in [-0.05, 0) is 39.7 Å². The number of halogens is 1. The topological polar surface area (TPSA) is 57.8 Å². The van der Waals surface area contributed by atoms with Crippen LogP contribution in [0, 0.1) is 0 Å². The van der Waals surface area contributed by atoms with Gasteiger partial charge in [-0.25, -0.2) is 0 Å². The number of rotatable bonds is 1. The van der Waals surface area contributed by atoms with Gasteiger partial charge in [0.2, 0.25) is 0 Å². The molecule has 102 valence electrons. The number of nitrogens with zero attached hydrogens (tertiary/aromatic N) is 1. The lowest BCUT2D eigenvalue weighted by Crippen LogP contribution is -2.03. The van der Waals surface area contributed by atoms with E-state index >= 15 is 0 Å². The minimum atomic E-state index is -0.0818. The van der Waals surface area contributed by atoms with Crippen molar-refractivity contribution in [3.05, 3.63) is 58.2 Å². The Bertz CT molecular complexity index is 911. The Morgan fingerprint density at radius 3 is 3.00 bits per heavy atom. The van der Waals surface area contributed by atoms with Gasteiger partial charge in [0.25, 0.3) is 5.91 Å². The predicted octanol–water partition coefficient (Wildman–Crippen LogP) is 3.82. The van der Waals surface area contributed by atoms with E-state index in [1.807, 2.05) is 42.5 Å². The van der Waals surface area contributed by atoms with Crippen LogP contribution >= 0.6 is 15.9 Å². The Labute approximate surface area is 129 Å². The maximum Gasteiger partial charge on any atom is 0.256 e. The van der Waals surface area contributed by atoms with Crippen molar-refractivity contribution in [3.8, 4) is 0 Å². The van der Waals surface area contributed by atoms with E-state index in [0.29, 0.717) is 5.57 Å². The number of aromatic amines is 1. The molecule has 0 aliphatic carbocycles. The van der Waals surface area contributed by atoms with E-state index in [1.165, 1.54) is 0 Å². The van der Waals surface area contributed by atoms with Gasteiger partial charge in [-0.1, -0.05) is 24.3 Å². The Kier molecular flexibility index (Phi) is 2.68. The SMILES string of the molecule is O=C1Nc2c(Br)cccc2/C1=C\c1ccc2cn[nH]c2c1. The van der Waals surface area contributed by atoms with E-state index in [2.05, 4.69) is 31.4 Å². The summed E-state index contributed by atoms with van der Waals surface area (Å²) in [6.45, 7) is 0. The van der Waals surface area contributed by atoms with Crippen LogP contribution in [0.1, 0.15) is 11.1 Å². The van der Waals surface area contributed by atoms with Crippen molar-refractivity contribution in [1.82, 2.24) is 10.2 Å². The summed E-state index contributed by atoms with van der Waals surface area (Å²) in [5.41, 5.74) is 4.34. The third-order valence-electron chi connectivity index (χ3n) is 3.56. The van der Waals surface area contributed by atoms with Crippen molar-refractivity contribution in [2.75, 3.05) is 5.32 Å². The van der Waals surface area contributed by atoms with E-state index in [0.717, 1.165) is 32.2 Å².